The van der Waals surface area contributed by atoms with Crippen LogP contribution in [-0.4, -0.2) is 58.3 Å². The van der Waals surface area contributed by atoms with Gasteiger partial charge in [-0.2, -0.15) is 10.2 Å². The molecule has 2 amide bonds. The number of hydrogen-bond acceptors (Lipinski definition) is 5. The van der Waals surface area contributed by atoms with E-state index in [2.05, 4.69) is 29.4 Å². The number of aliphatic hydroxyl groups excluding tert-OH is 1. The average molecular weight is 459 g/mol. The highest BCUT2D eigenvalue weighted by molar-refractivity contribution is 5.83. The minimum Gasteiger partial charge on any atom is -0.395 e. The lowest BCUT2D eigenvalue weighted by Gasteiger charge is -2.41. The first-order valence-electron chi connectivity index (χ1n) is 11.1. The molecular formula is C24H28F2N4O3. The van der Waals surface area contributed by atoms with Crippen LogP contribution in [0.2, 0.25) is 0 Å². The predicted octanol–water partition coefficient (Wildman–Crippen LogP) is 2.53. The maximum Gasteiger partial charge on any atom is 0.242 e. The van der Waals surface area contributed by atoms with Gasteiger partial charge in [0.05, 0.1) is 30.1 Å². The second-order valence-corrected chi connectivity index (χ2v) is 9.47. The molecule has 1 saturated carbocycles. The van der Waals surface area contributed by atoms with Crippen LogP contribution >= 0.6 is 0 Å². The lowest BCUT2D eigenvalue weighted by atomic mass is 9.68. The Morgan fingerprint density at radius 2 is 1.94 bits per heavy atom. The van der Waals surface area contributed by atoms with Crippen molar-refractivity contribution in [2.75, 3.05) is 26.2 Å². The Labute approximate surface area is 191 Å². The number of hydrogen-bond donors (Lipinski definition) is 2. The van der Waals surface area contributed by atoms with Crippen LogP contribution < -0.4 is 5.32 Å². The number of carbonyl (C=O) groups excluding carboxylic acids is 2. The van der Waals surface area contributed by atoms with E-state index >= 15 is 0 Å². The molecule has 0 radical (unpaired) electrons. The molecule has 1 aromatic heterocycles. The van der Waals surface area contributed by atoms with E-state index < -0.39 is 17.0 Å². The van der Waals surface area contributed by atoms with Gasteiger partial charge in [0.25, 0.3) is 0 Å². The summed E-state index contributed by atoms with van der Waals surface area (Å²) in [5.41, 5.74) is 0.773. The Balaban J connectivity index is 1.73. The van der Waals surface area contributed by atoms with Gasteiger partial charge in [-0.05, 0) is 47.9 Å². The summed E-state index contributed by atoms with van der Waals surface area (Å²) in [4.78, 5) is 25.6. The number of benzene rings is 1. The molecule has 2 N–H and O–H groups in total. The maximum atomic E-state index is 14.4. The summed E-state index contributed by atoms with van der Waals surface area (Å²) in [6.45, 7) is 5.64. The number of nitrogens with one attached hydrogen (secondary N) is 1. The van der Waals surface area contributed by atoms with Crippen molar-refractivity contribution < 1.29 is 23.5 Å². The lowest BCUT2D eigenvalue weighted by Crippen LogP contribution is -2.51. The summed E-state index contributed by atoms with van der Waals surface area (Å²) in [7, 11) is 0. The van der Waals surface area contributed by atoms with Crippen molar-refractivity contribution in [2.24, 2.45) is 5.41 Å². The van der Waals surface area contributed by atoms with Crippen molar-refractivity contribution >= 4 is 11.8 Å². The van der Waals surface area contributed by atoms with Gasteiger partial charge in [0, 0.05) is 25.4 Å². The van der Waals surface area contributed by atoms with Crippen molar-refractivity contribution in [3.63, 3.8) is 0 Å². The van der Waals surface area contributed by atoms with Gasteiger partial charge >= 0.3 is 0 Å². The Hall–Kier alpha value is -2.94. The molecule has 4 rings (SSSR count). The fourth-order valence-corrected chi connectivity index (χ4v) is 5.69. The third-order valence-electron chi connectivity index (χ3n) is 7.51. The molecular weight excluding hydrogens is 430 g/mol. The number of amides is 2. The van der Waals surface area contributed by atoms with E-state index in [9.17, 15) is 23.5 Å². The van der Waals surface area contributed by atoms with Crippen LogP contribution in [0.4, 0.5) is 8.78 Å². The Bertz CT molecular complexity index is 1090. The molecule has 7 nitrogen and oxygen atoms in total. The molecule has 176 valence electrons. The number of carbonyl (C=O) groups is 2. The van der Waals surface area contributed by atoms with Crippen molar-refractivity contribution in [1.82, 2.24) is 20.4 Å². The minimum atomic E-state index is -0.695. The normalized spacial score (nSPS) is 22.2. The van der Waals surface area contributed by atoms with E-state index in [0.717, 1.165) is 24.1 Å². The van der Waals surface area contributed by atoms with Crippen molar-refractivity contribution in [1.29, 1.82) is 0 Å². The summed E-state index contributed by atoms with van der Waals surface area (Å²) < 4.78 is 28.7. The van der Waals surface area contributed by atoms with Gasteiger partial charge in [-0.3, -0.25) is 9.59 Å². The van der Waals surface area contributed by atoms with E-state index in [4.69, 9.17) is 0 Å². The van der Waals surface area contributed by atoms with Crippen LogP contribution in [-0.2, 0) is 15.0 Å². The van der Waals surface area contributed by atoms with Crippen molar-refractivity contribution in [3.8, 4) is 11.3 Å². The van der Waals surface area contributed by atoms with Gasteiger partial charge in [-0.15, -0.1) is 0 Å². The van der Waals surface area contributed by atoms with E-state index in [1.54, 1.807) is 11.0 Å². The van der Waals surface area contributed by atoms with Crippen molar-refractivity contribution in [3.05, 3.63) is 47.2 Å². The number of nitrogens with zero attached hydrogens (tertiary/aromatic N) is 3. The molecule has 2 aromatic rings. The zero-order valence-corrected chi connectivity index (χ0v) is 19.0. The summed E-state index contributed by atoms with van der Waals surface area (Å²) >= 11 is 0. The van der Waals surface area contributed by atoms with Gasteiger partial charge in [-0.1, -0.05) is 19.9 Å². The zero-order valence-electron chi connectivity index (χ0n) is 19.0. The smallest absolute Gasteiger partial charge is 0.242 e. The van der Waals surface area contributed by atoms with Gasteiger partial charge in [-0.25, -0.2) is 8.78 Å². The molecule has 1 fully saturated rings. The second kappa shape index (κ2) is 8.44. The fourth-order valence-electron chi connectivity index (χ4n) is 5.69. The highest BCUT2D eigenvalue weighted by Crippen LogP contribution is 2.67. The van der Waals surface area contributed by atoms with Crippen LogP contribution in [0, 0.1) is 17.0 Å². The second-order valence-electron chi connectivity index (χ2n) is 9.47. The minimum absolute atomic E-state index is 0.0954. The molecule has 9 heteroatoms. The lowest BCUT2D eigenvalue weighted by molar-refractivity contribution is -0.134. The van der Waals surface area contributed by atoms with Crippen LogP contribution in [0.15, 0.2) is 24.3 Å². The van der Waals surface area contributed by atoms with Crippen LogP contribution in [0.5, 0.6) is 0 Å². The third kappa shape index (κ3) is 3.68. The van der Waals surface area contributed by atoms with Crippen LogP contribution in [0.1, 0.15) is 50.8 Å². The first-order valence-corrected chi connectivity index (χ1v) is 11.1. The first kappa shape index (κ1) is 23.2. The van der Waals surface area contributed by atoms with Gasteiger partial charge < -0.3 is 15.3 Å². The molecule has 33 heavy (non-hydrogen) atoms. The Kier molecular flexibility index (Phi) is 5.94. The molecule has 2 atom stereocenters. The highest BCUT2D eigenvalue weighted by atomic mass is 19.1. The number of fused-ring (bicyclic) bond motifs is 5. The fraction of sp³-hybridized carbons (Fsp3) is 0.500. The Morgan fingerprint density at radius 1 is 1.24 bits per heavy atom. The SMILES string of the molecule is CC(=O)NCC(=O)N(CCO)C[C@@]12CC[C@@H](c3cc(-c4c(F)cccc4F)nnc31)C2(C)C. The van der Waals surface area contributed by atoms with Crippen LogP contribution in [0.3, 0.4) is 0 Å². The third-order valence-corrected chi connectivity index (χ3v) is 7.51. The zero-order chi connectivity index (χ0) is 24.0. The molecule has 0 unspecified atom stereocenters. The molecule has 2 bridgehead atoms. The summed E-state index contributed by atoms with van der Waals surface area (Å²) in [6, 6.07) is 5.42. The number of aromatic nitrogens is 2. The number of aliphatic hydroxyl groups is 1. The first-order chi connectivity index (χ1) is 15.6. The predicted molar refractivity (Wildman–Crippen MR) is 117 cm³/mol. The van der Waals surface area contributed by atoms with Gasteiger partial charge in [0.15, 0.2) is 0 Å². The average Bonchev–Trinajstić information content (AvgIpc) is 3.11. The van der Waals surface area contributed by atoms with Gasteiger partial charge in [0.2, 0.25) is 11.8 Å². The molecule has 2 aliphatic rings. The number of halogens is 2. The van der Waals surface area contributed by atoms with Crippen molar-refractivity contribution in [2.45, 2.75) is 44.9 Å². The molecule has 0 saturated heterocycles. The van der Waals surface area contributed by atoms with Crippen LogP contribution in [0.25, 0.3) is 11.3 Å². The molecule has 1 heterocycles. The standard InChI is InChI=1S/C24H28F2N4O3/c1-14(32)27-12-20(33)30(9-10-31)13-24-8-7-16(23(24,2)3)15-11-19(28-29-22(15)24)21-17(25)5-4-6-18(21)26/h4-6,11,16,31H,7-10,12-13H2,1-3H3,(H,27,32)/t16-,24-/m0/s1. The maximum absolute atomic E-state index is 14.4. The van der Waals surface area contributed by atoms with Gasteiger partial charge in [0.1, 0.15) is 11.6 Å². The van der Waals surface area contributed by atoms with E-state index in [1.807, 2.05) is 0 Å². The van der Waals surface area contributed by atoms with E-state index in [0.29, 0.717) is 6.54 Å². The molecule has 0 aliphatic heterocycles. The monoisotopic (exact) mass is 458 g/mol. The van der Waals surface area contributed by atoms with E-state index in [-0.39, 0.29) is 54.1 Å². The summed E-state index contributed by atoms with van der Waals surface area (Å²) in [5.74, 6) is -1.90. The quantitative estimate of drug-likeness (QED) is 0.665. The molecule has 0 spiro atoms. The largest absolute Gasteiger partial charge is 0.395 e. The van der Waals surface area contributed by atoms with E-state index in [1.165, 1.54) is 25.1 Å². The number of rotatable bonds is 7. The molecule has 2 aliphatic carbocycles. The molecule has 1 aromatic carbocycles. The summed E-state index contributed by atoms with van der Waals surface area (Å²) in [6.07, 6.45) is 1.62. The highest BCUT2D eigenvalue weighted by Gasteiger charge is 2.64. The topological polar surface area (TPSA) is 95.4 Å². The summed E-state index contributed by atoms with van der Waals surface area (Å²) in [5, 5.41) is 20.7. The Morgan fingerprint density at radius 3 is 2.58 bits per heavy atom.